The van der Waals surface area contributed by atoms with Gasteiger partial charge in [0.25, 0.3) is 17.5 Å². The van der Waals surface area contributed by atoms with Crippen LogP contribution < -0.4 is 25.6 Å². The van der Waals surface area contributed by atoms with Crippen LogP contribution in [0.25, 0.3) is 10.8 Å². The summed E-state index contributed by atoms with van der Waals surface area (Å²) in [7, 11) is 0. The monoisotopic (exact) mass is 454 g/mol. The Hall–Kier alpha value is -4.25. The first-order valence-electron chi connectivity index (χ1n) is 9.28. The number of ether oxygens (including phenoxy) is 2. The smallest absolute Gasteiger partial charge is 0.276 e. The van der Waals surface area contributed by atoms with Gasteiger partial charge in [-0.25, -0.2) is 0 Å². The van der Waals surface area contributed by atoms with E-state index in [2.05, 4.69) is 16.2 Å². The van der Waals surface area contributed by atoms with Gasteiger partial charge < -0.3 is 9.47 Å². The maximum Gasteiger partial charge on any atom is 0.276 e. The summed E-state index contributed by atoms with van der Waals surface area (Å²) in [6.07, 6.45) is 0. The number of thiocarbonyl (C=S) groups is 1. The van der Waals surface area contributed by atoms with Crippen LogP contribution in [0.3, 0.4) is 0 Å². The van der Waals surface area contributed by atoms with Crippen LogP contribution in [0.1, 0.15) is 0 Å². The normalized spacial score (nSPS) is 10.1. The molecule has 2 amide bonds. The Morgan fingerprint density at radius 1 is 0.844 bits per heavy atom. The largest absolute Gasteiger partial charge is 0.484 e. The molecule has 3 rings (SSSR count). The molecule has 10 nitrogen and oxygen atoms in total. The lowest BCUT2D eigenvalue weighted by Crippen LogP contribution is -2.50. The Kier molecular flexibility index (Phi) is 7.49. The van der Waals surface area contributed by atoms with Gasteiger partial charge in [-0.15, -0.1) is 0 Å². The van der Waals surface area contributed by atoms with Gasteiger partial charge in [-0.05, 0) is 47.3 Å². The molecule has 0 spiro atoms. The van der Waals surface area contributed by atoms with Gasteiger partial charge in [-0.1, -0.05) is 30.3 Å². The predicted molar refractivity (Wildman–Crippen MR) is 120 cm³/mol. The number of rotatable bonds is 7. The first-order chi connectivity index (χ1) is 15.4. The number of carbonyl (C=O) groups is 2. The minimum atomic E-state index is -0.577. The molecule has 0 heterocycles. The fourth-order valence-electron chi connectivity index (χ4n) is 2.58. The highest BCUT2D eigenvalue weighted by Gasteiger charge is 2.09. The summed E-state index contributed by atoms with van der Waals surface area (Å²) in [6.45, 7) is -0.635. The van der Waals surface area contributed by atoms with Gasteiger partial charge in [-0.2, -0.15) is 0 Å². The van der Waals surface area contributed by atoms with Crippen molar-refractivity contribution in [2.75, 3.05) is 13.2 Å². The Balaban J connectivity index is 1.35. The number of hydrogen-bond donors (Lipinski definition) is 3. The van der Waals surface area contributed by atoms with Crippen molar-refractivity contribution in [3.8, 4) is 11.5 Å². The number of fused-ring (bicyclic) bond motifs is 1. The average Bonchev–Trinajstić information content (AvgIpc) is 2.80. The van der Waals surface area contributed by atoms with Gasteiger partial charge in [0.15, 0.2) is 18.3 Å². The molecule has 11 heteroatoms. The zero-order chi connectivity index (χ0) is 22.9. The quantitative estimate of drug-likeness (QED) is 0.281. The molecular weight excluding hydrogens is 436 g/mol. The molecule has 0 saturated heterocycles. The summed E-state index contributed by atoms with van der Waals surface area (Å²) in [5.74, 6) is -0.263. The third-order valence-electron chi connectivity index (χ3n) is 4.08. The van der Waals surface area contributed by atoms with Gasteiger partial charge >= 0.3 is 0 Å². The molecule has 0 aliphatic carbocycles. The molecular formula is C21H18N4O6S. The Labute approximate surface area is 187 Å². The summed E-state index contributed by atoms with van der Waals surface area (Å²) in [5, 5.41) is 14.9. The van der Waals surface area contributed by atoms with E-state index in [1.807, 2.05) is 36.4 Å². The maximum absolute atomic E-state index is 12.0. The topological polar surface area (TPSA) is 132 Å². The van der Waals surface area contributed by atoms with Crippen LogP contribution >= 0.6 is 12.2 Å². The summed E-state index contributed by atoms with van der Waals surface area (Å²) < 4.78 is 10.7. The van der Waals surface area contributed by atoms with Crippen molar-refractivity contribution in [3.63, 3.8) is 0 Å². The van der Waals surface area contributed by atoms with E-state index in [-0.39, 0.29) is 29.8 Å². The summed E-state index contributed by atoms with van der Waals surface area (Å²) in [6, 6.07) is 18.5. The first kappa shape index (κ1) is 22.4. The number of nitrogens with zero attached hydrogens (tertiary/aromatic N) is 1. The van der Waals surface area contributed by atoms with Crippen LogP contribution in [0.5, 0.6) is 11.5 Å². The standard InChI is InChI=1S/C21H18N4O6S/c26-19(12-31-18-8-5-14-3-1-2-4-15(14)11-18)22-21(32)24-23-20(27)13-30-17-9-6-16(7-10-17)25(28)29/h1-11H,12-13H2,(H,23,27)(H2,22,24,26,32). The number of nitrogens with one attached hydrogen (secondary N) is 3. The molecule has 3 aromatic rings. The van der Waals surface area contributed by atoms with E-state index in [1.54, 1.807) is 6.07 Å². The minimum absolute atomic E-state index is 0.0887. The number of nitro groups is 1. The van der Waals surface area contributed by atoms with Crippen LogP contribution in [0.4, 0.5) is 5.69 Å². The van der Waals surface area contributed by atoms with E-state index in [4.69, 9.17) is 21.7 Å². The minimum Gasteiger partial charge on any atom is -0.484 e. The molecule has 0 aliphatic rings. The fourth-order valence-corrected chi connectivity index (χ4v) is 2.74. The molecule has 32 heavy (non-hydrogen) atoms. The molecule has 0 atom stereocenters. The molecule has 0 bridgehead atoms. The van der Waals surface area contributed by atoms with Crippen LogP contribution in [-0.4, -0.2) is 35.1 Å². The number of hydrogen-bond acceptors (Lipinski definition) is 7. The van der Waals surface area contributed by atoms with Crippen molar-refractivity contribution in [1.29, 1.82) is 0 Å². The van der Waals surface area contributed by atoms with E-state index in [0.717, 1.165) is 10.8 Å². The number of nitro benzene ring substituents is 1. The molecule has 0 aliphatic heterocycles. The van der Waals surface area contributed by atoms with Crippen molar-refractivity contribution in [1.82, 2.24) is 16.2 Å². The first-order valence-corrected chi connectivity index (χ1v) is 9.69. The molecule has 0 aromatic heterocycles. The van der Waals surface area contributed by atoms with Crippen molar-refractivity contribution in [2.24, 2.45) is 0 Å². The third-order valence-corrected chi connectivity index (χ3v) is 4.28. The van der Waals surface area contributed by atoms with E-state index in [9.17, 15) is 19.7 Å². The highest BCUT2D eigenvalue weighted by Crippen LogP contribution is 2.20. The molecule has 0 saturated carbocycles. The van der Waals surface area contributed by atoms with Gasteiger partial charge in [0.05, 0.1) is 4.92 Å². The third kappa shape index (κ3) is 6.64. The van der Waals surface area contributed by atoms with Gasteiger partial charge in [0.1, 0.15) is 11.5 Å². The number of hydrazine groups is 1. The lowest BCUT2D eigenvalue weighted by molar-refractivity contribution is -0.384. The lowest BCUT2D eigenvalue weighted by atomic mass is 10.1. The number of benzene rings is 3. The Bertz CT molecular complexity index is 1150. The van der Waals surface area contributed by atoms with Crippen molar-refractivity contribution >= 4 is 45.6 Å². The van der Waals surface area contributed by atoms with Crippen molar-refractivity contribution in [3.05, 3.63) is 76.8 Å². The second-order valence-corrected chi connectivity index (χ2v) is 6.80. The Morgan fingerprint density at radius 2 is 1.47 bits per heavy atom. The second-order valence-electron chi connectivity index (χ2n) is 6.39. The van der Waals surface area contributed by atoms with Crippen LogP contribution in [-0.2, 0) is 9.59 Å². The highest BCUT2D eigenvalue weighted by atomic mass is 32.1. The SMILES string of the molecule is O=C(COc1ccc([N+](=O)[O-])cc1)NNC(=S)NC(=O)COc1ccc2ccccc2c1. The van der Waals surface area contributed by atoms with Crippen LogP contribution in [0.2, 0.25) is 0 Å². The van der Waals surface area contributed by atoms with Gasteiger partial charge in [0.2, 0.25) is 0 Å². The fraction of sp³-hybridized carbons (Fsp3) is 0.0952. The molecule has 0 fully saturated rings. The van der Waals surface area contributed by atoms with Crippen molar-refractivity contribution in [2.45, 2.75) is 0 Å². The molecule has 3 aromatic carbocycles. The van der Waals surface area contributed by atoms with E-state index < -0.39 is 16.7 Å². The molecule has 0 radical (unpaired) electrons. The highest BCUT2D eigenvalue weighted by molar-refractivity contribution is 7.80. The number of non-ortho nitro benzene ring substituents is 1. The van der Waals surface area contributed by atoms with E-state index >= 15 is 0 Å². The Morgan fingerprint density at radius 3 is 2.19 bits per heavy atom. The zero-order valence-electron chi connectivity index (χ0n) is 16.6. The summed E-state index contributed by atoms with van der Waals surface area (Å²) in [5.41, 5.74) is 4.55. The van der Waals surface area contributed by atoms with Gasteiger partial charge in [-0.3, -0.25) is 35.9 Å². The lowest BCUT2D eigenvalue weighted by Gasteiger charge is -2.12. The molecule has 164 valence electrons. The number of carbonyl (C=O) groups excluding carboxylic acids is 2. The average molecular weight is 454 g/mol. The maximum atomic E-state index is 12.0. The van der Waals surface area contributed by atoms with Crippen LogP contribution in [0.15, 0.2) is 66.7 Å². The second kappa shape index (κ2) is 10.7. The predicted octanol–water partition coefficient (Wildman–Crippen LogP) is 2.23. The van der Waals surface area contributed by atoms with E-state index in [1.165, 1.54) is 24.3 Å². The van der Waals surface area contributed by atoms with Gasteiger partial charge in [0, 0.05) is 12.1 Å². The summed E-state index contributed by atoms with van der Waals surface area (Å²) >= 11 is 4.94. The molecule has 0 unspecified atom stereocenters. The van der Waals surface area contributed by atoms with Crippen LogP contribution in [0, 0.1) is 10.1 Å². The number of amides is 2. The van der Waals surface area contributed by atoms with Crippen molar-refractivity contribution < 1.29 is 24.0 Å². The zero-order valence-corrected chi connectivity index (χ0v) is 17.4. The van der Waals surface area contributed by atoms with E-state index in [0.29, 0.717) is 5.75 Å². The summed E-state index contributed by atoms with van der Waals surface area (Å²) in [4.78, 5) is 33.8. The molecule has 3 N–H and O–H groups in total.